The summed E-state index contributed by atoms with van der Waals surface area (Å²) in [6.45, 7) is 1.73. The quantitative estimate of drug-likeness (QED) is 0.939. The molecule has 3 rings (SSSR count). The first kappa shape index (κ1) is 15.1. The third-order valence-corrected chi connectivity index (χ3v) is 4.30. The molecule has 0 aliphatic carbocycles. The molecule has 1 aliphatic heterocycles. The van der Waals surface area contributed by atoms with Gasteiger partial charge in [-0.05, 0) is 18.4 Å². The average molecular weight is 321 g/mol. The maximum Gasteiger partial charge on any atom is 0.340 e. The first-order chi connectivity index (χ1) is 10.7. The van der Waals surface area contributed by atoms with E-state index in [-0.39, 0.29) is 16.6 Å². The zero-order valence-corrected chi connectivity index (χ0v) is 12.8. The Labute approximate surface area is 133 Å². The molecule has 0 bridgehead atoms. The monoisotopic (exact) mass is 320 g/mol. The van der Waals surface area contributed by atoms with E-state index in [1.807, 2.05) is 30.3 Å². The summed E-state index contributed by atoms with van der Waals surface area (Å²) in [6, 6.07) is 9.73. The van der Waals surface area contributed by atoms with Crippen LogP contribution >= 0.6 is 11.6 Å². The molecule has 0 saturated carbocycles. The second-order valence-electron chi connectivity index (χ2n) is 5.39. The Bertz CT molecular complexity index is 664. The molecule has 22 heavy (non-hydrogen) atoms. The Kier molecular flexibility index (Phi) is 4.45. The molecule has 0 atom stereocenters. The van der Waals surface area contributed by atoms with Crippen molar-refractivity contribution in [1.82, 2.24) is 9.78 Å². The van der Waals surface area contributed by atoms with Crippen LogP contribution in [0.15, 0.2) is 30.3 Å². The van der Waals surface area contributed by atoms with Gasteiger partial charge < -0.3 is 9.84 Å². The van der Waals surface area contributed by atoms with Crippen molar-refractivity contribution in [3.8, 4) is 0 Å². The van der Waals surface area contributed by atoms with Crippen LogP contribution < -0.4 is 0 Å². The van der Waals surface area contributed by atoms with Crippen LogP contribution in [0.4, 0.5) is 0 Å². The van der Waals surface area contributed by atoms with E-state index in [1.54, 1.807) is 4.68 Å². The highest BCUT2D eigenvalue weighted by Gasteiger charge is 2.29. The zero-order chi connectivity index (χ0) is 15.5. The van der Waals surface area contributed by atoms with Gasteiger partial charge in [-0.2, -0.15) is 5.10 Å². The number of carboxylic acid groups (broad SMARTS) is 1. The predicted octanol–water partition coefficient (Wildman–Crippen LogP) is 3.18. The lowest BCUT2D eigenvalue weighted by atomic mass is 9.94. The highest BCUT2D eigenvalue weighted by Crippen LogP contribution is 2.32. The van der Waals surface area contributed by atoms with E-state index in [2.05, 4.69) is 5.10 Å². The number of carboxylic acids is 1. The number of aromatic carboxylic acids is 1. The summed E-state index contributed by atoms with van der Waals surface area (Å²) in [5.41, 5.74) is 1.74. The van der Waals surface area contributed by atoms with Crippen molar-refractivity contribution < 1.29 is 14.6 Å². The molecule has 116 valence electrons. The number of halogens is 1. The topological polar surface area (TPSA) is 64.3 Å². The molecule has 1 aromatic heterocycles. The number of hydrogen-bond donors (Lipinski definition) is 1. The number of benzene rings is 1. The maximum atomic E-state index is 11.6. The molecule has 1 aliphatic rings. The van der Waals surface area contributed by atoms with Crippen LogP contribution in [0, 0.1) is 0 Å². The Balaban J connectivity index is 1.95. The normalized spacial score (nSPS) is 15.9. The van der Waals surface area contributed by atoms with Gasteiger partial charge in [0.05, 0.1) is 12.2 Å². The van der Waals surface area contributed by atoms with E-state index >= 15 is 0 Å². The minimum atomic E-state index is -1.02. The second kappa shape index (κ2) is 6.50. The fraction of sp³-hybridized carbons (Fsp3) is 0.375. The van der Waals surface area contributed by atoms with Crippen LogP contribution in [0.3, 0.4) is 0 Å². The van der Waals surface area contributed by atoms with Crippen molar-refractivity contribution in [2.24, 2.45) is 0 Å². The Morgan fingerprint density at radius 2 is 2.00 bits per heavy atom. The largest absolute Gasteiger partial charge is 0.478 e. The third kappa shape index (κ3) is 3.00. The van der Waals surface area contributed by atoms with E-state index in [4.69, 9.17) is 16.3 Å². The van der Waals surface area contributed by atoms with Crippen LogP contribution in [0.25, 0.3) is 0 Å². The van der Waals surface area contributed by atoms with Crippen LogP contribution in [0.5, 0.6) is 0 Å². The van der Waals surface area contributed by atoms with Crippen molar-refractivity contribution in [3.63, 3.8) is 0 Å². The van der Waals surface area contributed by atoms with Crippen LogP contribution in [-0.2, 0) is 11.3 Å². The smallest absolute Gasteiger partial charge is 0.340 e. The van der Waals surface area contributed by atoms with Gasteiger partial charge in [-0.25, -0.2) is 9.48 Å². The molecule has 1 saturated heterocycles. The summed E-state index contributed by atoms with van der Waals surface area (Å²) in [5.74, 6) is -0.930. The molecule has 1 fully saturated rings. The molecule has 0 amide bonds. The van der Waals surface area contributed by atoms with Crippen molar-refractivity contribution >= 4 is 17.6 Å². The van der Waals surface area contributed by atoms with Gasteiger partial charge in [0.2, 0.25) is 0 Å². The van der Waals surface area contributed by atoms with E-state index in [0.717, 1.165) is 18.4 Å². The molecule has 6 heteroatoms. The van der Waals surface area contributed by atoms with Gasteiger partial charge in [0, 0.05) is 19.1 Å². The van der Waals surface area contributed by atoms with Crippen molar-refractivity contribution in [2.45, 2.75) is 25.3 Å². The standard InChI is InChI=1S/C16H17ClN2O3/c17-15-13(16(20)21)14(12-6-8-22-9-7-12)18-19(15)10-11-4-2-1-3-5-11/h1-5,12H,6-10H2,(H,20,21). The number of nitrogens with zero attached hydrogens (tertiary/aromatic N) is 2. The predicted molar refractivity (Wildman–Crippen MR) is 82.5 cm³/mol. The maximum absolute atomic E-state index is 11.6. The van der Waals surface area contributed by atoms with Crippen LogP contribution in [0.2, 0.25) is 5.15 Å². The highest BCUT2D eigenvalue weighted by atomic mass is 35.5. The molecule has 1 N–H and O–H groups in total. The van der Waals surface area contributed by atoms with Crippen LogP contribution in [0.1, 0.15) is 40.4 Å². The first-order valence-corrected chi connectivity index (χ1v) is 7.65. The fourth-order valence-electron chi connectivity index (χ4n) is 2.77. The minimum Gasteiger partial charge on any atom is -0.478 e. The number of rotatable bonds is 4. The van der Waals surface area contributed by atoms with Crippen molar-refractivity contribution in [2.75, 3.05) is 13.2 Å². The van der Waals surface area contributed by atoms with E-state index in [0.29, 0.717) is 25.5 Å². The van der Waals surface area contributed by atoms with E-state index in [9.17, 15) is 9.90 Å². The summed E-state index contributed by atoms with van der Waals surface area (Å²) >= 11 is 6.28. The molecular weight excluding hydrogens is 304 g/mol. The Morgan fingerprint density at radius 3 is 2.64 bits per heavy atom. The molecule has 0 unspecified atom stereocenters. The second-order valence-corrected chi connectivity index (χ2v) is 5.74. The number of carbonyl (C=O) groups is 1. The molecule has 5 nitrogen and oxygen atoms in total. The number of ether oxygens (including phenoxy) is 1. The summed E-state index contributed by atoms with van der Waals surface area (Å²) in [7, 11) is 0. The minimum absolute atomic E-state index is 0.0920. The summed E-state index contributed by atoms with van der Waals surface area (Å²) < 4.78 is 6.91. The molecule has 0 radical (unpaired) electrons. The van der Waals surface area contributed by atoms with Crippen LogP contribution in [-0.4, -0.2) is 34.1 Å². The molecule has 0 spiro atoms. The zero-order valence-electron chi connectivity index (χ0n) is 12.0. The molecule has 2 aromatic rings. The van der Waals surface area contributed by atoms with Crippen molar-refractivity contribution in [3.05, 3.63) is 52.3 Å². The third-order valence-electron chi connectivity index (χ3n) is 3.91. The molecule has 1 aromatic carbocycles. The van der Waals surface area contributed by atoms with Gasteiger partial charge in [-0.3, -0.25) is 0 Å². The lowest BCUT2D eigenvalue weighted by Gasteiger charge is -2.20. The Morgan fingerprint density at radius 1 is 1.32 bits per heavy atom. The number of aromatic nitrogens is 2. The van der Waals surface area contributed by atoms with Gasteiger partial charge >= 0.3 is 5.97 Å². The molecule has 2 heterocycles. The van der Waals surface area contributed by atoms with Gasteiger partial charge in [0.15, 0.2) is 0 Å². The lowest BCUT2D eigenvalue weighted by Crippen LogP contribution is -2.17. The fourth-order valence-corrected chi connectivity index (χ4v) is 3.05. The lowest BCUT2D eigenvalue weighted by molar-refractivity contribution is 0.0685. The van der Waals surface area contributed by atoms with Crippen molar-refractivity contribution in [1.29, 1.82) is 0 Å². The summed E-state index contributed by atoms with van der Waals surface area (Å²) in [6.07, 6.45) is 1.55. The SMILES string of the molecule is O=C(O)c1c(C2CCOCC2)nn(Cc2ccccc2)c1Cl. The van der Waals surface area contributed by atoms with Gasteiger partial charge in [-0.15, -0.1) is 0 Å². The summed E-state index contributed by atoms with van der Waals surface area (Å²) in [5, 5.41) is 14.2. The summed E-state index contributed by atoms with van der Waals surface area (Å²) in [4.78, 5) is 11.6. The average Bonchev–Trinajstić information content (AvgIpc) is 2.86. The van der Waals surface area contributed by atoms with Gasteiger partial charge in [0.1, 0.15) is 10.7 Å². The van der Waals surface area contributed by atoms with E-state index < -0.39 is 5.97 Å². The van der Waals surface area contributed by atoms with Gasteiger partial charge in [-0.1, -0.05) is 41.9 Å². The Hall–Kier alpha value is -1.85. The van der Waals surface area contributed by atoms with Gasteiger partial charge in [0.25, 0.3) is 0 Å². The van der Waals surface area contributed by atoms with E-state index in [1.165, 1.54) is 0 Å². The molecular formula is C16H17ClN2O3. The first-order valence-electron chi connectivity index (χ1n) is 7.28. The highest BCUT2D eigenvalue weighted by molar-refractivity contribution is 6.32. The number of hydrogen-bond acceptors (Lipinski definition) is 3.